The van der Waals surface area contributed by atoms with Crippen molar-refractivity contribution in [2.75, 3.05) is 11.9 Å². The number of para-hydroxylation sites is 1. The first kappa shape index (κ1) is 37.2. The van der Waals surface area contributed by atoms with Crippen LogP contribution in [0.2, 0.25) is 22.2 Å². The Morgan fingerprint density at radius 2 is 1.51 bits per heavy atom. The van der Waals surface area contributed by atoms with E-state index in [9.17, 15) is 4.79 Å². The maximum absolute atomic E-state index is 13.1. The van der Waals surface area contributed by atoms with E-state index in [-0.39, 0.29) is 45.7 Å². The Labute approximate surface area is 306 Å². The summed E-state index contributed by atoms with van der Waals surface area (Å²) >= 11 is 5.69. The highest BCUT2D eigenvalue weighted by Gasteiger charge is 2.62. The molecule has 12 nitrogen and oxygen atoms in total. The summed E-state index contributed by atoms with van der Waals surface area (Å²) < 4.78 is 43.0. The van der Waals surface area contributed by atoms with Crippen molar-refractivity contribution in [3.63, 3.8) is 0 Å². The van der Waals surface area contributed by atoms with Crippen molar-refractivity contribution in [1.82, 2.24) is 19.5 Å². The van der Waals surface area contributed by atoms with E-state index in [0.717, 1.165) is 0 Å². The lowest BCUT2D eigenvalue weighted by Crippen LogP contribution is -2.66. The molecule has 2 saturated heterocycles. The van der Waals surface area contributed by atoms with E-state index in [1.54, 1.807) is 47.3 Å². The summed E-state index contributed by atoms with van der Waals surface area (Å²) in [7, 11) is -5.91. The summed E-state index contributed by atoms with van der Waals surface area (Å²) in [6.07, 6.45) is 0.154. The van der Waals surface area contributed by atoms with Crippen molar-refractivity contribution in [1.29, 1.82) is 0 Å². The zero-order valence-electron chi connectivity index (χ0n) is 30.3. The fraction of sp³-hybridized carbons (Fsp3) is 0.472. The molecule has 6 rings (SSSR count). The van der Waals surface area contributed by atoms with E-state index < -0.39 is 41.7 Å². The Kier molecular flexibility index (Phi) is 11.1. The lowest BCUT2D eigenvalue weighted by Gasteiger charge is -2.51. The highest BCUT2D eigenvalue weighted by atomic mass is 32.1. The Balaban J connectivity index is 1.42. The molecule has 4 atom stereocenters. The maximum atomic E-state index is 13.1. The highest BCUT2D eigenvalue weighted by Crippen LogP contribution is 2.49. The minimum absolute atomic E-state index is 0.0778. The number of hydrogen-bond donors (Lipinski definition) is 1. The van der Waals surface area contributed by atoms with Crippen LogP contribution in [-0.2, 0) is 22.4 Å². The van der Waals surface area contributed by atoms with Crippen molar-refractivity contribution in [3.05, 3.63) is 78.9 Å². The van der Waals surface area contributed by atoms with E-state index in [2.05, 4.69) is 75.7 Å². The molecule has 1 N–H and O–H groups in total. The number of thiocarbonyl (C=S) groups is 1. The fourth-order valence-corrected chi connectivity index (χ4v) is 18.5. The maximum Gasteiger partial charge on any atom is 0.358 e. The third kappa shape index (κ3) is 7.25. The van der Waals surface area contributed by atoms with Gasteiger partial charge in [-0.2, -0.15) is 0 Å². The van der Waals surface area contributed by atoms with Crippen molar-refractivity contribution >= 4 is 57.5 Å². The molecular formula is C36H47N5O7SSi2. The van der Waals surface area contributed by atoms with Gasteiger partial charge < -0.3 is 32.5 Å². The molecule has 0 radical (unpaired) electrons. The van der Waals surface area contributed by atoms with Gasteiger partial charge in [-0.15, -0.1) is 0 Å². The third-order valence-corrected chi connectivity index (χ3v) is 20.1. The number of carbonyl (C=O) groups is 1. The Hall–Kier alpha value is -3.58. The summed E-state index contributed by atoms with van der Waals surface area (Å²) in [5, 5.41) is 2.79. The molecule has 1 amide bonds. The van der Waals surface area contributed by atoms with Gasteiger partial charge in [0.25, 0.3) is 5.91 Å². The van der Waals surface area contributed by atoms with Gasteiger partial charge in [0.15, 0.2) is 29.3 Å². The first-order valence-corrected chi connectivity index (χ1v) is 21.9. The summed E-state index contributed by atoms with van der Waals surface area (Å²) in [5.74, 6) is 0.486. The monoisotopic (exact) mass is 750 g/mol. The number of nitrogens with zero attached hydrogens (tertiary/aromatic N) is 4. The Morgan fingerprint density at radius 1 is 0.882 bits per heavy atom. The topological polar surface area (TPSA) is 128 Å². The normalized spacial score (nSPS) is 22.9. The van der Waals surface area contributed by atoms with Gasteiger partial charge in [-0.25, -0.2) is 15.0 Å². The van der Waals surface area contributed by atoms with Gasteiger partial charge in [0, 0.05) is 17.8 Å². The molecule has 0 aliphatic carbocycles. The third-order valence-electron chi connectivity index (χ3n) is 9.69. The van der Waals surface area contributed by atoms with Crippen molar-refractivity contribution in [3.8, 4) is 5.75 Å². The molecule has 0 spiro atoms. The lowest BCUT2D eigenvalue weighted by molar-refractivity contribution is -0.0569. The minimum Gasteiger partial charge on any atom is -0.446 e. The second kappa shape index (κ2) is 15.2. The number of hydrogen-bond acceptors (Lipinski definition) is 11. The van der Waals surface area contributed by atoms with Gasteiger partial charge in [0.2, 0.25) is 0 Å². The SMILES string of the molecule is CC(C)[Si]1(C(C)C)O[13CH2][C@H]2O[C@@H](n3cnc4c(NC(=O)c5ccccc5)ncnc43)[C@H](OC(=S)Oc3ccccc3)[C@@H]2O[Si](C(C)C)(C(C)C)O1. The average Bonchev–Trinajstić information content (AvgIpc) is 3.66. The summed E-state index contributed by atoms with van der Waals surface area (Å²) in [6.45, 7) is 17.6. The molecule has 0 bridgehead atoms. The van der Waals surface area contributed by atoms with Crippen LogP contribution in [0.3, 0.4) is 0 Å². The molecule has 0 unspecified atom stereocenters. The van der Waals surface area contributed by atoms with Crippen LogP contribution in [0.5, 0.6) is 5.75 Å². The molecule has 4 heterocycles. The number of nitrogens with one attached hydrogen (secondary N) is 1. The van der Waals surface area contributed by atoms with Crippen molar-refractivity contribution < 1.29 is 32.0 Å². The van der Waals surface area contributed by atoms with Gasteiger partial charge in [0.1, 0.15) is 24.3 Å². The Bertz CT molecular complexity index is 1810. The molecule has 272 valence electrons. The first-order chi connectivity index (χ1) is 24.4. The minimum atomic E-state index is -3.07. The number of imidazole rings is 1. The number of carbonyl (C=O) groups excluding carboxylic acids is 1. The van der Waals surface area contributed by atoms with Crippen LogP contribution in [0.25, 0.3) is 11.2 Å². The summed E-state index contributed by atoms with van der Waals surface area (Å²) in [6, 6.07) is 18.1. The van der Waals surface area contributed by atoms with Gasteiger partial charge in [-0.05, 0) is 46.4 Å². The molecule has 2 aliphatic rings. The number of amides is 1. The standard InChI is InChI=1S/C36H47N5O7SSi2/c1-22(2)50(23(3)4)43-19-28-30(47-51(48-50,24(5)6)25(7)8)31(46-36(49)44-27-17-13-10-14-18-27)35(45-28)41-21-39-29-32(37-20-38-33(29)41)40-34(42)26-15-11-9-12-16-26/h9-18,20-25,28,30-31,35H,19H2,1-8H3,(H,37,38,40,42)/t28-,30-,31-,35-/m1/s1/i19+1. The molecule has 4 aromatic rings. The van der Waals surface area contributed by atoms with E-state index in [0.29, 0.717) is 22.5 Å². The quantitative estimate of drug-likeness (QED) is 0.103. The van der Waals surface area contributed by atoms with E-state index in [1.165, 1.54) is 6.33 Å². The fourth-order valence-electron chi connectivity index (χ4n) is 7.09. The van der Waals surface area contributed by atoms with Gasteiger partial charge in [-0.1, -0.05) is 91.8 Å². The molecule has 2 aliphatic heterocycles. The molecule has 2 aromatic carbocycles. The van der Waals surface area contributed by atoms with E-state index in [4.69, 9.17) is 39.4 Å². The largest absolute Gasteiger partial charge is 0.446 e. The van der Waals surface area contributed by atoms with E-state index in [1.807, 2.05) is 24.3 Å². The van der Waals surface area contributed by atoms with E-state index >= 15 is 0 Å². The zero-order valence-corrected chi connectivity index (χ0v) is 33.1. The predicted octanol–water partition coefficient (Wildman–Crippen LogP) is 7.68. The van der Waals surface area contributed by atoms with Crippen LogP contribution in [0.1, 0.15) is 72.0 Å². The van der Waals surface area contributed by atoms with Crippen LogP contribution in [-0.4, -0.2) is 72.7 Å². The van der Waals surface area contributed by atoms with Crippen LogP contribution >= 0.6 is 12.2 Å². The molecule has 0 saturated carbocycles. The first-order valence-electron chi connectivity index (χ1n) is 17.5. The number of rotatable bonds is 9. The number of ether oxygens (including phenoxy) is 3. The molecule has 2 fully saturated rings. The smallest absolute Gasteiger partial charge is 0.358 e. The average molecular weight is 751 g/mol. The van der Waals surface area contributed by atoms with Crippen molar-refractivity contribution in [2.24, 2.45) is 0 Å². The number of anilines is 1. The molecule has 51 heavy (non-hydrogen) atoms. The van der Waals surface area contributed by atoms with Crippen molar-refractivity contribution in [2.45, 2.75) is 102 Å². The second-order valence-electron chi connectivity index (χ2n) is 14.2. The highest BCUT2D eigenvalue weighted by molar-refractivity contribution is 7.79. The predicted molar refractivity (Wildman–Crippen MR) is 202 cm³/mol. The number of aromatic nitrogens is 4. The summed E-state index contributed by atoms with van der Waals surface area (Å²) in [4.78, 5) is 26.6. The molecular weight excluding hydrogens is 704 g/mol. The summed E-state index contributed by atoms with van der Waals surface area (Å²) in [5.41, 5.74) is 1.79. The van der Waals surface area contributed by atoms with Gasteiger partial charge >= 0.3 is 22.4 Å². The van der Waals surface area contributed by atoms with Gasteiger partial charge in [0.05, 0.1) is 12.9 Å². The number of benzene rings is 2. The molecule has 2 aromatic heterocycles. The van der Waals surface area contributed by atoms with Crippen LogP contribution in [0, 0.1) is 0 Å². The van der Waals surface area contributed by atoms with Crippen LogP contribution < -0.4 is 10.1 Å². The molecule has 15 heteroatoms. The van der Waals surface area contributed by atoms with Crippen LogP contribution in [0.15, 0.2) is 73.3 Å². The lowest BCUT2D eigenvalue weighted by atomic mass is 10.2. The second-order valence-corrected chi connectivity index (χ2v) is 23.4. The van der Waals surface area contributed by atoms with Crippen LogP contribution in [0.4, 0.5) is 5.82 Å². The Morgan fingerprint density at radius 3 is 2.14 bits per heavy atom. The number of fused-ring (bicyclic) bond motifs is 2. The van der Waals surface area contributed by atoms with Gasteiger partial charge in [-0.3, -0.25) is 9.36 Å². The zero-order chi connectivity index (χ0) is 36.5.